The number of pyridine rings is 1. The summed E-state index contributed by atoms with van der Waals surface area (Å²) in [5, 5.41) is 11.6. The number of anilines is 1. The lowest BCUT2D eigenvalue weighted by Crippen LogP contribution is -2.17. The second-order valence-corrected chi connectivity index (χ2v) is 6.32. The van der Waals surface area contributed by atoms with Gasteiger partial charge in [0.2, 0.25) is 0 Å². The monoisotopic (exact) mass is 315 g/mol. The van der Waals surface area contributed by atoms with Crippen molar-refractivity contribution in [2.75, 3.05) is 5.32 Å². The standard InChI is InChI=1S/C17H21N3O3/c1-5-20-10-11(17(2,3)4)9-13(20)15(21)19-14-8-6-7-12(18-14)16(22)23/h6-10H,5H2,1-4H3,(H,22,23)(H,18,19,21). The summed E-state index contributed by atoms with van der Waals surface area (Å²) in [6.45, 7) is 8.89. The molecule has 2 N–H and O–H groups in total. The fraction of sp³-hybridized carbons (Fsp3) is 0.353. The third-order valence-electron chi connectivity index (χ3n) is 3.55. The highest BCUT2D eigenvalue weighted by molar-refractivity contribution is 6.03. The zero-order chi connectivity index (χ0) is 17.2. The molecule has 0 radical (unpaired) electrons. The van der Waals surface area contributed by atoms with Gasteiger partial charge in [-0.05, 0) is 36.1 Å². The average molecular weight is 315 g/mol. The van der Waals surface area contributed by atoms with Gasteiger partial charge in [0.05, 0.1) is 0 Å². The first kappa shape index (κ1) is 16.7. The molecular formula is C17H21N3O3. The Morgan fingerprint density at radius 3 is 2.57 bits per heavy atom. The van der Waals surface area contributed by atoms with Crippen LogP contribution in [0.3, 0.4) is 0 Å². The van der Waals surface area contributed by atoms with Crippen LogP contribution in [0.4, 0.5) is 5.82 Å². The molecule has 0 aliphatic heterocycles. The van der Waals surface area contributed by atoms with E-state index in [0.717, 1.165) is 5.56 Å². The quantitative estimate of drug-likeness (QED) is 0.907. The molecule has 2 aromatic rings. The number of nitrogens with one attached hydrogen (secondary N) is 1. The van der Waals surface area contributed by atoms with Crippen LogP contribution in [-0.4, -0.2) is 26.5 Å². The van der Waals surface area contributed by atoms with E-state index in [4.69, 9.17) is 5.11 Å². The number of aromatic carboxylic acids is 1. The second kappa shape index (κ2) is 6.24. The van der Waals surface area contributed by atoms with Crippen molar-refractivity contribution in [3.05, 3.63) is 47.4 Å². The molecule has 0 saturated carbocycles. The van der Waals surface area contributed by atoms with Gasteiger partial charge in [0.1, 0.15) is 11.5 Å². The highest BCUT2D eigenvalue weighted by Crippen LogP contribution is 2.25. The zero-order valence-electron chi connectivity index (χ0n) is 13.8. The highest BCUT2D eigenvalue weighted by atomic mass is 16.4. The maximum absolute atomic E-state index is 12.5. The lowest BCUT2D eigenvalue weighted by atomic mass is 9.89. The van der Waals surface area contributed by atoms with Crippen molar-refractivity contribution in [1.82, 2.24) is 9.55 Å². The van der Waals surface area contributed by atoms with Crippen molar-refractivity contribution >= 4 is 17.7 Å². The Morgan fingerprint density at radius 2 is 2.00 bits per heavy atom. The largest absolute Gasteiger partial charge is 0.477 e. The summed E-state index contributed by atoms with van der Waals surface area (Å²) in [6.07, 6.45) is 1.97. The van der Waals surface area contributed by atoms with Crippen LogP contribution < -0.4 is 5.32 Å². The average Bonchev–Trinajstić information content (AvgIpc) is 2.92. The molecule has 2 heterocycles. The topological polar surface area (TPSA) is 84.2 Å². The molecule has 0 aromatic carbocycles. The van der Waals surface area contributed by atoms with E-state index < -0.39 is 5.97 Å². The Bertz CT molecular complexity index is 742. The van der Waals surface area contributed by atoms with Crippen molar-refractivity contribution in [1.29, 1.82) is 0 Å². The minimum Gasteiger partial charge on any atom is -0.477 e. The number of aromatic nitrogens is 2. The van der Waals surface area contributed by atoms with Gasteiger partial charge in [0.15, 0.2) is 5.69 Å². The number of carboxylic acid groups (broad SMARTS) is 1. The minimum atomic E-state index is -1.13. The first-order valence-electron chi connectivity index (χ1n) is 7.44. The van der Waals surface area contributed by atoms with Crippen LogP contribution in [0.5, 0.6) is 0 Å². The molecule has 0 fully saturated rings. The maximum atomic E-state index is 12.5. The van der Waals surface area contributed by atoms with E-state index in [0.29, 0.717) is 12.2 Å². The molecule has 6 nitrogen and oxygen atoms in total. The molecule has 0 aliphatic carbocycles. The van der Waals surface area contributed by atoms with Gasteiger partial charge in [0, 0.05) is 12.7 Å². The number of carbonyl (C=O) groups excluding carboxylic acids is 1. The van der Waals surface area contributed by atoms with Crippen LogP contribution >= 0.6 is 0 Å². The molecule has 0 atom stereocenters. The third-order valence-corrected chi connectivity index (χ3v) is 3.55. The molecule has 0 spiro atoms. The molecule has 2 rings (SSSR count). The van der Waals surface area contributed by atoms with Crippen LogP contribution in [-0.2, 0) is 12.0 Å². The molecular weight excluding hydrogens is 294 g/mol. The number of nitrogens with zero attached hydrogens (tertiary/aromatic N) is 2. The number of hydrogen-bond acceptors (Lipinski definition) is 3. The van der Waals surface area contributed by atoms with Crippen molar-refractivity contribution in [2.45, 2.75) is 39.7 Å². The maximum Gasteiger partial charge on any atom is 0.354 e. The van der Waals surface area contributed by atoms with E-state index in [9.17, 15) is 9.59 Å². The van der Waals surface area contributed by atoms with Crippen LogP contribution in [0.2, 0.25) is 0 Å². The van der Waals surface area contributed by atoms with Gasteiger partial charge in [-0.25, -0.2) is 9.78 Å². The summed E-state index contributed by atoms with van der Waals surface area (Å²) in [4.78, 5) is 27.3. The van der Waals surface area contributed by atoms with E-state index >= 15 is 0 Å². The van der Waals surface area contributed by atoms with Gasteiger partial charge >= 0.3 is 5.97 Å². The number of rotatable bonds is 4. The predicted molar refractivity (Wildman–Crippen MR) is 88.0 cm³/mol. The minimum absolute atomic E-state index is 0.0586. The Morgan fingerprint density at radius 1 is 1.30 bits per heavy atom. The fourth-order valence-corrected chi connectivity index (χ4v) is 2.18. The molecule has 0 saturated heterocycles. The van der Waals surface area contributed by atoms with Gasteiger partial charge in [-0.2, -0.15) is 0 Å². The summed E-state index contributed by atoms with van der Waals surface area (Å²) >= 11 is 0. The predicted octanol–water partition coefficient (Wildman–Crippen LogP) is 3.15. The third kappa shape index (κ3) is 3.77. The Kier molecular flexibility index (Phi) is 4.54. The van der Waals surface area contributed by atoms with Gasteiger partial charge < -0.3 is 15.0 Å². The number of hydrogen-bond donors (Lipinski definition) is 2. The normalized spacial score (nSPS) is 11.3. The number of amides is 1. The summed E-state index contributed by atoms with van der Waals surface area (Å²) in [7, 11) is 0. The summed E-state index contributed by atoms with van der Waals surface area (Å²) in [6, 6.07) is 6.35. The second-order valence-electron chi connectivity index (χ2n) is 6.32. The van der Waals surface area contributed by atoms with Crippen LogP contribution in [0, 0.1) is 0 Å². The number of aryl methyl sites for hydroxylation is 1. The van der Waals surface area contributed by atoms with Crippen molar-refractivity contribution in [3.8, 4) is 0 Å². The van der Waals surface area contributed by atoms with Crippen LogP contribution in [0.15, 0.2) is 30.5 Å². The summed E-state index contributed by atoms with van der Waals surface area (Å²) < 4.78 is 1.87. The van der Waals surface area contributed by atoms with Crippen molar-refractivity contribution < 1.29 is 14.7 Å². The lowest BCUT2D eigenvalue weighted by molar-refractivity contribution is 0.0690. The van der Waals surface area contributed by atoms with Gasteiger partial charge in [0.25, 0.3) is 5.91 Å². The molecule has 6 heteroatoms. The van der Waals surface area contributed by atoms with Crippen LogP contribution in [0.1, 0.15) is 54.2 Å². The number of carboxylic acids is 1. The van der Waals surface area contributed by atoms with Gasteiger partial charge in [-0.3, -0.25) is 4.79 Å². The smallest absolute Gasteiger partial charge is 0.354 e. The number of carbonyl (C=O) groups is 2. The first-order chi connectivity index (χ1) is 10.7. The Labute approximate surface area is 135 Å². The molecule has 0 bridgehead atoms. The Balaban J connectivity index is 2.29. The molecule has 23 heavy (non-hydrogen) atoms. The molecule has 1 amide bonds. The first-order valence-corrected chi connectivity index (χ1v) is 7.44. The van der Waals surface area contributed by atoms with E-state index in [1.807, 2.05) is 23.8 Å². The summed E-state index contributed by atoms with van der Waals surface area (Å²) in [5.41, 5.74) is 1.43. The SMILES string of the molecule is CCn1cc(C(C)(C)C)cc1C(=O)Nc1cccc(C(=O)O)n1. The molecule has 0 aliphatic rings. The van der Waals surface area contributed by atoms with Gasteiger partial charge in [-0.1, -0.05) is 26.8 Å². The summed E-state index contributed by atoms with van der Waals surface area (Å²) in [5.74, 6) is -1.22. The lowest BCUT2D eigenvalue weighted by Gasteiger charge is -2.15. The van der Waals surface area contributed by atoms with Crippen LogP contribution in [0.25, 0.3) is 0 Å². The van der Waals surface area contributed by atoms with Gasteiger partial charge in [-0.15, -0.1) is 0 Å². The van der Waals surface area contributed by atoms with E-state index in [2.05, 4.69) is 31.1 Å². The van der Waals surface area contributed by atoms with E-state index in [1.165, 1.54) is 6.07 Å². The van der Waals surface area contributed by atoms with E-state index in [-0.39, 0.29) is 22.8 Å². The molecule has 2 aromatic heterocycles. The highest BCUT2D eigenvalue weighted by Gasteiger charge is 2.21. The zero-order valence-corrected chi connectivity index (χ0v) is 13.8. The molecule has 0 unspecified atom stereocenters. The van der Waals surface area contributed by atoms with Crippen molar-refractivity contribution in [3.63, 3.8) is 0 Å². The fourth-order valence-electron chi connectivity index (χ4n) is 2.18. The van der Waals surface area contributed by atoms with Crippen molar-refractivity contribution in [2.24, 2.45) is 0 Å². The Hall–Kier alpha value is -2.63. The molecule has 122 valence electrons. The van der Waals surface area contributed by atoms with E-state index in [1.54, 1.807) is 12.1 Å².